The molecule has 0 aromatic carbocycles. The summed E-state index contributed by atoms with van der Waals surface area (Å²) in [6, 6.07) is 0. The Kier molecular flexibility index (Phi) is 4.66. The van der Waals surface area contributed by atoms with Gasteiger partial charge in [0.1, 0.15) is 0 Å². The fourth-order valence-corrected chi connectivity index (χ4v) is 1.83. The highest BCUT2D eigenvalue weighted by molar-refractivity contribution is 5.77. The number of carbonyl (C=O) groups is 1. The van der Waals surface area contributed by atoms with E-state index in [4.69, 9.17) is 0 Å². The molecule has 80 valence electrons. The summed E-state index contributed by atoms with van der Waals surface area (Å²) in [5.74, 6) is 0.855. The van der Waals surface area contributed by atoms with Gasteiger partial charge in [-0.2, -0.15) is 0 Å². The third-order valence-electron chi connectivity index (χ3n) is 2.74. The maximum atomic E-state index is 11.5. The van der Waals surface area contributed by atoms with Gasteiger partial charge in [-0.3, -0.25) is 4.79 Å². The summed E-state index contributed by atoms with van der Waals surface area (Å²) in [4.78, 5) is 13.3. The van der Waals surface area contributed by atoms with Crippen molar-refractivity contribution in [2.75, 3.05) is 26.7 Å². The lowest BCUT2D eigenvalue weighted by atomic mass is 9.97. The number of amides is 1. The minimum absolute atomic E-state index is 0.179. The van der Waals surface area contributed by atoms with E-state index >= 15 is 0 Å². The molecule has 0 atom stereocenters. The molecule has 0 unspecified atom stereocenters. The van der Waals surface area contributed by atoms with E-state index in [1.165, 1.54) is 12.8 Å². The normalized spacial score (nSPS) is 17.8. The number of nitrogens with zero attached hydrogens (tertiary/aromatic N) is 1. The number of nitrogens with one attached hydrogen (secondary N) is 1. The van der Waals surface area contributed by atoms with Crippen LogP contribution in [0.1, 0.15) is 19.3 Å². The van der Waals surface area contributed by atoms with Crippen molar-refractivity contribution in [2.45, 2.75) is 19.3 Å². The van der Waals surface area contributed by atoms with E-state index in [0.717, 1.165) is 19.6 Å². The van der Waals surface area contributed by atoms with Crippen molar-refractivity contribution < 1.29 is 4.79 Å². The van der Waals surface area contributed by atoms with Crippen LogP contribution in [0, 0.1) is 5.92 Å². The third kappa shape index (κ3) is 3.50. The zero-order valence-electron chi connectivity index (χ0n) is 8.96. The van der Waals surface area contributed by atoms with Crippen LogP contribution in [0.5, 0.6) is 0 Å². The van der Waals surface area contributed by atoms with Crippen LogP contribution in [-0.4, -0.2) is 37.5 Å². The number of hydrogen-bond acceptors (Lipinski definition) is 2. The Morgan fingerprint density at radius 3 is 2.79 bits per heavy atom. The second-order valence-electron chi connectivity index (χ2n) is 3.96. The third-order valence-corrected chi connectivity index (χ3v) is 2.74. The Balaban J connectivity index is 2.27. The molecule has 1 aliphatic heterocycles. The van der Waals surface area contributed by atoms with Gasteiger partial charge in [0.05, 0.1) is 0 Å². The predicted octanol–water partition coefficient (Wildman–Crippen LogP) is 1.02. The zero-order chi connectivity index (χ0) is 10.4. The van der Waals surface area contributed by atoms with Gasteiger partial charge >= 0.3 is 0 Å². The lowest BCUT2D eigenvalue weighted by Gasteiger charge is -2.27. The predicted molar refractivity (Wildman–Crippen MR) is 58.0 cm³/mol. The Morgan fingerprint density at radius 1 is 1.57 bits per heavy atom. The van der Waals surface area contributed by atoms with Crippen LogP contribution in [0.4, 0.5) is 0 Å². The molecule has 0 aliphatic carbocycles. The maximum absolute atomic E-state index is 11.5. The first-order chi connectivity index (χ1) is 6.74. The second kappa shape index (κ2) is 5.81. The monoisotopic (exact) mass is 196 g/mol. The Labute approximate surface area is 86.2 Å². The van der Waals surface area contributed by atoms with E-state index in [2.05, 4.69) is 11.9 Å². The minimum Gasteiger partial charge on any atom is -0.345 e. The zero-order valence-corrected chi connectivity index (χ0v) is 8.96. The number of hydrogen-bond donors (Lipinski definition) is 1. The van der Waals surface area contributed by atoms with Crippen LogP contribution in [0.15, 0.2) is 12.7 Å². The summed E-state index contributed by atoms with van der Waals surface area (Å²) in [5.41, 5.74) is 0. The summed E-state index contributed by atoms with van der Waals surface area (Å²) >= 11 is 0. The van der Waals surface area contributed by atoms with Crippen molar-refractivity contribution >= 4 is 5.91 Å². The van der Waals surface area contributed by atoms with Crippen molar-refractivity contribution in [3.8, 4) is 0 Å². The lowest BCUT2D eigenvalue weighted by molar-refractivity contribution is -0.129. The smallest absolute Gasteiger partial charge is 0.226 e. The van der Waals surface area contributed by atoms with Gasteiger partial charge in [-0.15, -0.1) is 6.58 Å². The number of rotatable bonds is 4. The van der Waals surface area contributed by atoms with Crippen molar-refractivity contribution in [3.63, 3.8) is 0 Å². The van der Waals surface area contributed by atoms with Crippen molar-refractivity contribution in [1.29, 1.82) is 0 Å². The maximum Gasteiger partial charge on any atom is 0.226 e. The molecule has 1 fully saturated rings. The van der Waals surface area contributed by atoms with Crippen LogP contribution in [0.25, 0.3) is 0 Å². The van der Waals surface area contributed by atoms with Crippen LogP contribution in [0.2, 0.25) is 0 Å². The van der Waals surface area contributed by atoms with E-state index < -0.39 is 0 Å². The van der Waals surface area contributed by atoms with E-state index in [1.807, 2.05) is 11.9 Å². The van der Waals surface area contributed by atoms with Crippen LogP contribution < -0.4 is 5.32 Å². The largest absolute Gasteiger partial charge is 0.345 e. The van der Waals surface area contributed by atoms with Crippen LogP contribution in [0.3, 0.4) is 0 Å². The molecule has 14 heavy (non-hydrogen) atoms. The van der Waals surface area contributed by atoms with Gasteiger partial charge < -0.3 is 10.2 Å². The van der Waals surface area contributed by atoms with Gasteiger partial charge in [0, 0.05) is 20.0 Å². The van der Waals surface area contributed by atoms with Gasteiger partial charge in [-0.25, -0.2) is 0 Å². The molecule has 1 heterocycles. The summed E-state index contributed by atoms with van der Waals surface area (Å²) in [5, 5.41) is 3.32. The summed E-state index contributed by atoms with van der Waals surface area (Å²) in [7, 11) is 1.88. The topological polar surface area (TPSA) is 32.3 Å². The van der Waals surface area contributed by atoms with Gasteiger partial charge in [0.2, 0.25) is 5.91 Å². The van der Waals surface area contributed by atoms with Crippen molar-refractivity contribution in [1.82, 2.24) is 10.2 Å². The number of carbonyl (C=O) groups excluding carboxylic acids is 1. The molecule has 1 N–H and O–H groups in total. The van der Waals surface area contributed by atoms with Gasteiger partial charge in [-0.05, 0) is 31.8 Å². The summed E-state index contributed by atoms with van der Waals surface area (Å²) in [6.45, 7) is 6.65. The highest BCUT2D eigenvalue weighted by atomic mass is 16.2. The first-order valence-electron chi connectivity index (χ1n) is 5.29. The molecule has 0 radical (unpaired) electrons. The van der Waals surface area contributed by atoms with Crippen LogP contribution >= 0.6 is 0 Å². The SMILES string of the molecule is C=CCC(=O)N(C)CC1CCNCC1. The Hall–Kier alpha value is -0.830. The number of piperidine rings is 1. The van der Waals surface area contributed by atoms with Crippen LogP contribution in [-0.2, 0) is 4.79 Å². The van der Waals surface area contributed by atoms with E-state index in [0.29, 0.717) is 12.3 Å². The Bertz CT molecular complexity index is 197. The molecular formula is C11H20N2O. The minimum atomic E-state index is 0.179. The molecular weight excluding hydrogens is 176 g/mol. The van der Waals surface area contributed by atoms with Gasteiger partial charge in [0.15, 0.2) is 0 Å². The molecule has 0 aromatic rings. The fraction of sp³-hybridized carbons (Fsp3) is 0.727. The summed E-state index contributed by atoms with van der Waals surface area (Å²) in [6.07, 6.45) is 4.50. The average molecular weight is 196 g/mol. The highest BCUT2D eigenvalue weighted by Gasteiger charge is 2.16. The fourth-order valence-electron chi connectivity index (χ4n) is 1.83. The molecule has 1 aliphatic rings. The van der Waals surface area contributed by atoms with Crippen molar-refractivity contribution in [3.05, 3.63) is 12.7 Å². The molecule has 1 saturated heterocycles. The van der Waals surface area contributed by atoms with E-state index in [-0.39, 0.29) is 5.91 Å². The first-order valence-corrected chi connectivity index (χ1v) is 5.29. The molecule has 0 aromatic heterocycles. The molecule has 3 nitrogen and oxygen atoms in total. The molecule has 0 bridgehead atoms. The highest BCUT2D eigenvalue weighted by Crippen LogP contribution is 2.12. The molecule has 3 heteroatoms. The standard InChI is InChI=1S/C11H20N2O/c1-3-4-11(14)13(2)9-10-5-7-12-8-6-10/h3,10,12H,1,4-9H2,2H3. The first kappa shape index (κ1) is 11.2. The average Bonchev–Trinajstić information content (AvgIpc) is 2.19. The lowest BCUT2D eigenvalue weighted by Crippen LogP contribution is -2.36. The van der Waals surface area contributed by atoms with E-state index in [1.54, 1.807) is 6.08 Å². The van der Waals surface area contributed by atoms with E-state index in [9.17, 15) is 4.79 Å². The van der Waals surface area contributed by atoms with Gasteiger partial charge in [-0.1, -0.05) is 6.08 Å². The Morgan fingerprint density at radius 2 is 2.21 bits per heavy atom. The molecule has 0 spiro atoms. The van der Waals surface area contributed by atoms with Crippen molar-refractivity contribution in [2.24, 2.45) is 5.92 Å². The molecule has 1 amide bonds. The molecule has 0 saturated carbocycles. The quantitative estimate of drug-likeness (QED) is 0.681. The van der Waals surface area contributed by atoms with Gasteiger partial charge in [0.25, 0.3) is 0 Å². The second-order valence-corrected chi connectivity index (χ2v) is 3.96. The summed E-state index contributed by atoms with van der Waals surface area (Å²) < 4.78 is 0. The molecule has 1 rings (SSSR count).